The second-order valence-electron chi connectivity index (χ2n) is 9.95. The number of rotatable bonds is 9. The van der Waals surface area contributed by atoms with Gasteiger partial charge in [-0.1, -0.05) is 26.0 Å². The molecular formula is C24H38IN3O4. The first-order valence-corrected chi connectivity index (χ1v) is 12.5. The monoisotopic (exact) mass is 559 g/mol. The van der Waals surface area contributed by atoms with Crippen LogP contribution >= 0.6 is 22.6 Å². The maximum absolute atomic E-state index is 12.9. The number of aliphatic hydroxyl groups is 1. The molecule has 0 aromatic heterocycles. The molecule has 3 atom stereocenters. The Balaban J connectivity index is 1.95. The van der Waals surface area contributed by atoms with Gasteiger partial charge in [-0.15, -0.1) is 0 Å². The van der Waals surface area contributed by atoms with Crippen molar-refractivity contribution >= 4 is 34.6 Å². The molecule has 2 amide bonds. The minimum atomic E-state index is -0.797. The van der Waals surface area contributed by atoms with Crippen LogP contribution in [0.25, 0.3) is 0 Å². The maximum atomic E-state index is 12.9. The minimum Gasteiger partial charge on any atom is -0.444 e. The number of aliphatic hydroxyl groups excluding tert-OH is 1. The zero-order valence-electron chi connectivity index (χ0n) is 19.9. The number of carbonyl (C=O) groups is 2. The Morgan fingerprint density at radius 3 is 2.66 bits per heavy atom. The van der Waals surface area contributed by atoms with E-state index in [9.17, 15) is 14.7 Å². The quantitative estimate of drug-likeness (QED) is 0.402. The van der Waals surface area contributed by atoms with Crippen LogP contribution in [0.2, 0.25) is 0 Å². The summed E-state index contributed by atoms with van der Waals surface area (Å²) in [7, 11) is 0. The van der Waals surface area contributed by atoms with Crippen molar-refractivity contribution < 1.29 is 19.4 Å². The molecule has 3 N–H and O–H groups in total. The highest BCUT2D eigenvalue weighted by Gasteiger charge is 2.34. The fourth-order valence-electron chi connectivity index (χ4n) is 3.94. The maximum Gasteiger partial charge on any atom is 0.407 e. The van der Waals surface area contributed by atoms with Crippen LogP contribution in [-0.4, -0.2) is 58.9 Å². The second-order valence-corrected chi connectivity index (χ2v) is 11.2. The summed E-state index contributed by atoms with van der Waals surface area (Å²) in [5.41, 5.74) is 0.459. The molecule has 0 saturated carbocycles. The van der Waals surface area contributed by atoms with Crippen molar-refractivity contribution in [3.8, 4) is 0 Å². The number of halogens is 1. The van der Waals surface area contributed by atoms with Crippen molar-refractivity contribution in [3.63, 3.8) is 0 Å². The first-order chi connectivity index (χ1) is 14.9. The normalized spacial score (nSPS) is 18.9. The fraction of sp³-hybridized carbons (Fsp3) is 0.667. The molecule has 7 nitrogen and oxygen atoms in total. The third kappa shape index (κ3) is 9.23. The molecule has 1 heterocycles. The molecule has 1 aliphatic heterocycles. The van der Waals surface area contributed by atoms with E-state index in [0.717, 1.165) is 28.5 Å². The third-order valence-electron chi connectivity index (χ3n) is 5.34. The molecule has 32 heavy (non-hydrogen) atoms. The minimum absolute atomic E-state index is 0.0194. The Morgan fingerprint density at radius 1 is 1.31 bits per heavy atom. The zero-order chi connectivity index (χ0) is 23.9. The predicted octanol–water partition coefficient (Wildman–Crippen LogP) is 3.67. The molecule has 1 aliphatic rings. The Labute approximate surface area is 205 Å². The van der Waals surface area contributed by atoms with E-state index in [-0.39, 0.29) is 17.9 Å². The van der Waals surface area contributed by atoms with E-state index in [1.807, 2.05) is 57.7 Å². The van der Waals surface area contributed by atoms with Gasteiger partial charge < -0.3 is 20.5 Å². The lowest BCUT2D eigenvalue weighted by atomic mass is 9.98. The van der Waals surface area contributed by atoms with Crippen molar-refractivity contribution in [3.05, 3.63) is 33.4 Å². The summed E-state index contributed by atoms with van der Waals surface area (Å²) in [4.78, 5) is 27.2. The molecule has 0 bridgehead atoms. The van der Waals surface area contributed by atoms with Crippen LogP contribution in [-0.2, 0) is 16.1 Å². The SMILES string of the molecule is CC(C)C[C@@H](NC(=O)OC(C)(C)C)[C@H](O)CN1CCC[C@H]1C(=O)NCc1cccc(I)c1. The first-order valence-electron chi connectivity index (χ1n) is 11.4. The number of ether oxygens (including phenoxy) is 1. The van der Waals surface area contributed by atoms with Crippen molar-refractivity contribution in [2.24, 2.45) is 5.92 Å². The molecule has 1 aromatic carbocycles. The number of nitrogens with one attached hydrogen (secondary N) is 2. The Bertz CT molecular complexity index is 766. The molecule has 2 rings (SSSR count). The number of likely N-dealkylation sites (tertiary alicyclic amines) is 1. The lowest BCUT2D eigenvalue weighted by Crippen LogP contribution is -2.52. The van der Waals surface area contributed by atoms with Crippen molar-refractivity contribution in [2.75, 3.05) is 13.1 Å². The lowest BCUT2D eigenvalue weighted by Gasteiger charge is -2.32. The van der Waals surface area contributed by atoms with Gasteiger partial charge in [-0.2, -0.15) is 0 Å². The highest BCUT2D eigenvalue weighted by atomic mass is 127. The Hall–Kier alpha value is -1.39. The van der Waals surface area contributed by atoms with Crippen LogP contribution in [0.4, 0.5) is 4.79 Å². The average molecular weight is 559 g/mol. The van der Waals surface area contributed by atoms with E-state index >= 15 is 0 Å². The topological polar surface area (TPSA) is 90.9 Å². The highest BCUT2D eigenvalue weighted by molar-refractivity contribution is 14.1. The van der Waals surface area contributed by atoms with Crippen LogP contribution in [0.3, 0.4) is 0 Å². The van der Waals surface area contributed by atoms with Gasteiger partial charge >= 0.3 is 6.09 Å². The van der Waals surface area contributed by atoms with Crippen LogP contribution in [0.1, 0.15) is 59.4 Å². The van der Waals surface area contributed by atoms with Crippen LogP contribution in [0, 0.1) is 9.49 Å². The van der Waals surface area contributed by atoms with Crippen LogP contribution in [0.15, 0.2) is 24.3 Å². The van der Waals surface area contributed by atoms with Crippen molar-refractivity contribution in [1.82, 2.24) is 15.5 Å². The predicted molar refractivity (Wildman–Crippen MR) is 134 cm³/mol. The van der Waals surface area contributed by atoms with Crippen LogP contribution in [0.5, 0.6) is 0 Å². The van der Waals surface area contributed by atoms with Gasteiger partial charge in [0.25, 0.3) is 0 Å². The summed E-state index contributed by atoms with van der Waals surface area (Å²) in [6.45, 7) is 11.1. The summed E-state index contributed by atoms with van der Waals surface area (Å²) in [6.07, 6.45) is 0.962. The first kappa shape index (κ1) is 26.9. The van der Waals surface area contributed by atoms with Gasteiger partial charge in [-0.3, -0.25) is 9.69 Å². The van der Waals surface area contributed by atoms with Gasteiger partial charge in [0.15, 0.2) is 0 Å². The molecule has 8 heteroatoms. The molecule has 0 radical (unpaired) electrons. The van der Waals surface area contributed by atoms with Gasteiger partial charge in [0.1, 0.15) is 5.60 Å². The molecule has 1 saturated heterocycles. The van der Waals surface area contributed by atoms with E-state index < -0.39 is 23.8 Å². The van der Waals surface area contributed by atoms with E-state index in [1.165, 1.54) is 0 Å². The van der Waals surface area contributed by atoms with Crippen LogP contribution < -0.4 is 10.6 Å². The molecule has 180 valence electrons. The number of hydrogen-bond donors (Lipinski definition) is 3. The van der Waals surface area contributed by atoms with E-state index in [4.69, 9.17) is 4.74 Å². The number of benzene rings is 1. The summed E-state index contributed by atoms with van der Waals surface area (Å²) in [6, 6.07) is 7.33. The standard InChI is InChI=1S/C24H38IN3O4/c1-16(2)12-19(27-23(31)32-24(3,4)5)21(29)15-28-11-7-10-20(28)22(30)26-14-17-8-6-9-18(25)13-17/h6,8-9,13,16,19-21,29H,7,10-12,14-15H2,1-5H3,(H,26,30)(H,27,31)/t19-,20+,21-/m1/s1. The summed E-state index contributed by atoms with van der Waals surface area (Å²) in [5, 5.41) is 16.8. The lowest BCUT2D eigenvalue weighted by molar-refractivity contribution is -0.126. The summed E-state index contributed by atoms with van der Waals surface area (Å²) in [5.74, 6) is 0.269. The molecule has 0 spiro atoms. The Kier molecular flexibility index (Phi) is 10.2. The number of hydrogen-bond acceptors (Lipinski definition) is 5. The molecular weight excluding hydrogens is 521 g/mol. The molecule has 1 aromatic rings. The van der Waals surface area contributed by atoms with Gasteiger partial charge in [0.05, 0.1) is 18.2 Å². The Morgan fingerprint density at radius 2 is 2.03 bits per heavy atom. The van der Waals surface area contributed by atoms with Crippen molar-refractivity contribution in [1.29, 1.82) is 0 Å². The van der Waals surface area contributed by atoms with Gasteiger partial charge in [-0.25, -0.2) is 4.79 Å². The number of amides is 2. The van der Waals surface area contributed by atoms with Gasteiger partial charge in [0, 0.05) is 16.7 Å². The second kappa shape index (κ2) is 12.2. The number of β-amino-alcohol motifs (C(OH)–C–C–N with tert-alkyl or cyclic N) is 1. The molecule has 1 fully saturated rings. The largest absolute Gasteiger partial charge is 0.444 e. The smallest absolute Gasteiger partial charge is 0.407 e. The fourth-order valence-corrected chi connectivity index (χ4v) is 4.55. The summed E-state index contributed by atoms with van der Waals surface area (Å²) < 4.78 is 6.51. The molecule has 0 aliphatic carbocycles. The van der Waals surface area contributed by atoms with E-state index in [1.54, 1.807) is 0 Å². The van der Waals surface area contributed by atoms with E-state index in [2.05, 4.69) is 39.3 Å². The zero-order valence-corrected chi connectivity index (χ0v) is 22.0. The highest BCUT2D eigenvalue weighted by Crippen LogP contribution is 2.20. The third-order valence-corrected chi connectivity index (χ3v) is 6.01. The van der Waals surface area contributed by atoms with Gasteiger partial charge in [-0.05, 0) is 92.8 Å². The molecule has 0 unspecified atom stereocenters. The average Bonchev–Trinajstić information content (AvgIpc) is 3.12. The number of alkyl carbamates (subject to hydrolysis) is 1. The number of carbonyl (C=O) groups excluding carboxylic acids is 2. The van der Waals surface area contributed by atoms with Gasteiger partial charge in [0.2, 0.25) is 5.91 Å². The summed E-state index contributed by atoms with van der Waals surface area (Å²) >= 11 is 2.26. The van der Waals surface area contributed by atoms with Crippen molar-refractivity contribution in [2.45, 2.75) is 84.2 Å². The van der Waals surface area contributed by atoms with E-state index in [0.29, 0.717) is 19.5 Å². The number of nitrogens with zero attached hydrogens (tertiary/aromatic N) is 1.